The minimum absolute atomic E-state index is 0. The number of halogens is 3. The fourth-order valence-electron chi connectivity index (χ4n) is 0.534. The lowest BCUT2D eigenvalue weighted by Crippen LogP contribution is -2.22. The molecule has 0 fully saturated rings. The van der Waals surface area contributed by atoms with E-state index in [1.54, 1.807) is 6.20 Å². The van der Waals surface area contributed by atoms with E-state index in [0.29, 0.717) is 0 Å². The quantitative estimate of drug-likeness (QED) is 0.687. The molecule has 64 valence electrons. The van der Waals surface area contributed by atoms with Crippen molar-refractivity contribution < 1.29 is 4.57 Å². The van der Waals surface area contributed by atoms with Crippen molar-refractivity contribution in [3.05, 3.63) is 37.2 Å². The fraction of sp³-hybridized carbons (Fsp3) is 0. The van der Waals surface area contributed by atoms with Crippen LogP contribution in [0.3, 0.4) is 0 Å². The van der Waals surface area contributed by atoms with Crippen LogP contribution in [0.25, 0.3) is 6.20 Å². The molecule has 0 amide bonds. The van der Waals surface area contributed by atoms with Gasteiger partial charge in [-0.05, 0) is 6.58 Å². The van der Waals surface area contributed by atoms with E-state index in [4.69, 9.17) is 0 Å². The van der Waals surface area contributed by atoms with Crippen molar-refractivity contribution in [2.75, 3.05) is 0 Å². The van der Waals surface area contributed by atoms with E-state index in [9.17, 15) is 0 Å². The summed E-state index contributed by atoms with van der Waals surface area (Å²) in [5, 5.41) is 0. The SMILES string of the molecule is Br.Br.Br.C=C[n+]1ccccc1. The number of nitrogens with zero attached hydrogens (tertiary/aromatic N) is 1. The predicted molar refractivity (Wildman–Crippen MR) is 64.0 cm³/mol. The van der Waals surface area contributed by atoms with Crippen molar-refractivity contribution in [1.82, 2.24) is 0 Å². The fourth-order valence-corrected chi connectivity index (χ4v) is 0.534. The molecular formula is C7H11Br3N+. The third-order valence-electron chi connectivity index (χ3n) is 0.949. The van der Waals surface area contributed by atoms with Crippen molar-refractivity contribution in [2.45, 2.75) is 0 Å². The van der Waals surface area contributed by atoms with E-state index in [1.165, 1.54) is 0 Å². The van der Waals surface area contributed by atoms with Gasteiger partial charge in [-0.15, -0.1) is 50.9 Å². The zero-order valence-corrected chi connectivity index (χ0v) is 11.0. The van der Waals surface area contributed by atoms with Crippen LogP contribution in [0.15, 0.2) is 37.2 Å². The van der Waals surface area contributed by atoms with E-state index in [-0.39, 0.29) is 50.9 Å². The summed E-state index contributed by atoms with van der Waals surface area (Å²) in [5.74, 6) is 0. The summed E-state index contributed by atoms with van der Waals surface area (Å²) in [5.41, 5.74) is 0. The molecule has 11 heavy (non-hydrogen) atoms. The van der Waals surface area contributed by atoms with Gasteiger partial charge in [0.25, 0.3) is 0 Å². The maximum absolute atomic E-state index is 3.59. The first kappa shape index (κ1) is 17.4. The molecule has 1 heterocycles. The van der Waals surface area contributed by atoms with E-state index in [1.807, 2.05) is 35.2 Å². The highest BCUT2D eigenvalue weighted by Gasteiger charge is 1.83. The monoisotopic (exact) mass is 346 g/mol. The van der Waals surface area contributed by atoms with Crippen molar-refractivity contribution in [3.63, 3.8) is 0 Å². The Morgan fingerprint density at radius 3 is 1.64 bits per heavy atom. The summed E-state index contributed by atoms with van der Waals surface area (Å²) < 4.78 is 1.89. The topological polar surface area (TPSA) is 3.88 Å². The molecule has 1 aromatic rings. The second-order valence-corrected chi connectivity index (χ2v) is 1.51. The zero-order valence-electron chi connectivity index (χ0n) is 5.84. The summed E-state index contributed by atoms with van der Waals surface area (Å²) in [4.78, 5) is 0. The van der Waals surface area contributed by atoms with Gasteiger partial charge in [0.1, 0.15) is 0 Å². The second kappa shape index (κ2) is 10.3. The van der Waals surface area contributed by atoms with Crippen molar-refractivity contribution in [3.8, 4) is 0 Å². The Kier molecular flexibility index (Phi) is 16.4. The van der Waals surface area contributed by atoms with Gasteiger partial charge in [0, 0.05) is 12.1 Å². The van der Waals surface area contributed by atoms with Crippen LogP contribution >= 0.6 is 50.9 Å². The van der Waals surface area contributed by atoms with Crippen molar-refractivity contribution >= 4 is 57.1 Å². The maximum Gasteiger partial charge on any atom is 0.174 e. The number of rotatable bonds is 1. The molecule has 0 atom stereocenters. The second-order valence-electron chi connectivity index (χ2n) is 1.51. The highest BCUT2D eigenvalue weighted by Crippen LogP contribution is 1.74. The Hall–Kier alpha value is 0.330. The van der Waals surface area contributed by atoms with E-state index < -0.39 is 0 Å². The summed E-state index contributed by atoms with van der Waals surface area (Å²) in [6, 6.07) is 5.89. The Morgan fingerprint density at radius 2 is 1.36 bits per heavy atom. The van der Waals surface area contributed by atoms with Gasteiger partial charge >= 0.3 is 0 Å². The molecule has 1 nitrogen and oxygen atoms in total. The zero-order chi connectivity index (χ0) is 5.82. The van der Waals surface area contributed by atoms with Crippen LogP contribution in [0.5, 0.6) is 0 Å². The molecule has 0 aliphatic rings. The Bertz CT molecular complexity index is 176. The molecule has 0 N–H and O–H groups in total. The first-order valence-corrected chi connectivity index (χ1v) is 2.52. The average molecular weight is 349 g/mol. The van der Waals surface area contributed by atoms with Crippen LogP contribution in [0.2, 0.25) is 0 Å². The molecule has 1 aromatic heterocycles. The smallest absolute Gasteiger partial charge is 0.174 e. The predicted octanol–water partition coefficient (Wildman–Crippen LogP) is 2.81. The molecule has 0 unspecified atom stereocenters. The largest absolute Gasteiger partial charge is 0.174 e. The van der Waals surface area contributed by atoms with Crippen LogP contribution in [0, 0.1) is 0 Å². The van der Waals surface area contributed by atoms with Crippen molar-refractivity contribution in [2.24, 2.45) is 0 Å². The lowest BCUT2D eigenvalue weighted by atomic mass is 10.5. The molecule has 0 aliphatic heterocycles. The van der Waals surface area contributed by atoms with Crippen LogP contribution in [0.4, 0.5) is 0 Å². The van der Waals surface area contributed by atoms with Gasteiger partial charge in [0.05, 0.1) is 0 Å². The Labute approximate surface area is 98.4 Å². The first-order valence-electron chi connectivity index (χ1n) is 2.52. The van der Waals surface area contributed by atoms with Crippen LogP contribution in [0.1, 0.15) is 0 Å². The molecule has 4 heteroatoms. The van der Waals surface area contributed by atoms with Crippen LogP contribution in [-0.4, -0.2) is 0 Å². The molecule has 1 rings (SSSR count). The van der Waals surface area contributed by atoms with E-state index in [2.05, 4.69) is 6.58 Å². The molecular weight excluding hydrogens is 338 g/mol. The number of pyridine rings is 1. The van der Waals surface area contributed by atoms with Gasteiger partial charge in [-0.25, -0.2) is 0 Å². The lowest BCUT2D eigenvalue weighted by Gasteiger charge is -1.79. The van der Waals surface area contributed by atoms with Crippen molar-refractivity contribution in [1.29, 1.82) is 0 Å². The molecule has 0 spiro atoms. The highest BCUT2D eigenvalue weighted by atomic mass is 79.9. The Balaban J connectivity index is -0.000000213. The van der Waals surface area contributed by atoms with Crippen LogP contribution < -0.4 is 4.57 Å². The van der Waals surface area contributed by atoms with Crippen LogP contribution in [-0.2, 0) is 0 Å². The van der Waals surface area contributed by atoms with Gasteiger partial charge in [-0.1, -0.05) is 6.07 Å². The first-order chi connectivity index (χ1) is 3.93. The maximum atomic E-state index is 3.59. The number of hydrogen-bond acceptors (Lipinski definition) is 0. The standard InChI is InChI=1S/C7H8N.3BrH/c1-2-8-6-4-3-5-7-8;;;/h2-7H,1H2;3*1H/q+1;;;. The number of aromatic nitrogens is 1. The van der Waals surface area contributed by atoms with E-state index in [0.717, 1.165) is 0 Å². The molecule has 0 bridgehead atoms. The molecule has 0 aliphatic carbocycles. The molecule has 0 saturated carbocycles. The number of hydrogen-bond donors (Lipinski definition) is 0. The normalized spacial score (nSPS) is 6.18. The third kappa shape index (κ3) is 6.72. The summed E-state index contributed by atoms with van der Waals surface area (Å²) in [6.45, 7) is 3.59. The van der Waals surface area contributed by atoms with Gasteiger partial charge in [-0.3, -0.25) is 0 Å². The van der Waals surface area contributed by atoms with E-state index >= 15 is 0 Å². The third-order valence-corrected chi connectivity index (χ3v) is 0.949. The molecule has 0 radical (unpaired) electrons. The lowest BCUT2D eigenvalue weighted by molar-refractivity contribution is -0.567. The Morgan fingerprint density at radius 1 is 0.909 bits per heavy atom. The average Bonchev–Trinajstić information content (AvgIpc) is 1.90. The highest BCUT2D eigenvalue weighted by molar-refractivity contribution is 8.93. The minimum atomic E-state index is 0. The van der Waals surface area contributed by atoms with Gasteiger partial charge < -0.3 is 0 Å². The van der Waals surface area contributed by atoms with Gasteiger partial charge in [0.15, 0.2) is 18.6 Å². The molecule has 0 aromatic carbocycles. The minimum Gasteiger partial charge on any atom is -0.174 e. The molecule has 0 saturated heterocycles. The van der Waals surface area contributed by atoms with Gasteiger partial charge in [-0.2, -0.15) is 4.57 Å². The van der Waals surface area contributed by atoms with Gasteiger partial charge in [0.2, 0.25) is 0 Å². The summed E-state index contributed by atoms with van der Waals surface area (Å²) in [7, 11) is 0. The summed E-state index contributed by atoms with van der Waals surface area (Å²) in [6.07, 6.45) is 5.62. The summed E-state index contributed by atoms with van der Waals surface area (Å²) >= 11 is 0.